The molecule has 0 aromatic rings. The zero-order valence-corrected chi connectivity index (χ0v) is 14.5. The predicted octanol–water partition coefficient (Wildman–Crippen LogP) is 6.22. The van der Waals surface area contributed by atoms with Gasteiger partial charge in [0, 0.05) is 3.92 Å². The Morgan fingerprint density at radius 2 is 1.39 bits per heavy atom. The molecule has 1 heteroatoms. The highest BCUT2D eigenvalue weighted by atomic mass is 127. The first-order valence-electron chi connectivity index (χ1n) is 8.34. The quantitative estimate of drug-likeness (QED) is 0.411. The van der Waals surface area contributed by atoms with Gasteiger partial charge in [-0.15, -0.1) is 0 Å². The normalized spacial score (nSPS) is 39.5. The summed E-state index contributed by atoms with van der Waals surface area (Å²) >= 11 is 2.64. The molecule has 18 heavy (non-hydrogen) atoms. The highest BCUT2D eigenvalue weighted by Crippen LogP contribution is 2.43. The minimum atomic E-state index is 0.892. The average Bonchev–Trinajstić information content (AvgIpc) is 2.40. The summed E-state index contributed by atoms with van der Waals surface area (Å²) in [6, 6.07) is 0. The van der Waals surface area contributed by atoms with Crippen molar-refractivity contribution in [1.82, 2.24) is 0 Å². The van der Waals surface area contributed by atoms with E-state index in [0.29, 0.717) is 0 Å². The maximum absolute atomic E-state index is 2.64. The minimum Gasteiger partial charge on any atom is -0.0826 e. The van der Waals surface area contributed by atoms with Crippen molar-refractivity contribution in [1.29, 1.82) is 0 Å². The first-order valence-corrected chi connectivity index (χ1v) is 9.59. The van der Waals surface area contributed by atoms with Crippen LogP contribution in [0.25, 0.3) is 0 Å². The summed E-state index contributed by atoms with van der Waals surface area (Å²) in [5.41, 5.74) is 0. The van der Waals surface area contributed by atoms with Gasteiger partial charge in [-0.05, 0) is 62.2 Å². The van der Waals surface area contributed by atoms with Gasteiger partial charge in [-0.2, -0.15) is 0 Å². The summed E-state index contributed by atoms with van der Waals surface area (Å²) in [6.45, 7) is 4.75. The van der Waals surface area contributed by atoms with Gasteiger partial charge in [-0.1, -0.05) is 62.1 Å². The lowest BCUT2D eigenvalue weighted by Gasteiger charge is -2.38. The molecule has 2 rings (SSSR count). The fraction of sp³-hybridized carbons (Fsp3) is 1.00. The van der Waals surface area contributed by atoms with E-state index in [1.807, 2.05) is 0 Å². The minimum absolute atomic E-state index is 0.892. The number of alkyl halides is 1. The fourth-order valence-corrected chi connectivity index (χ4v) is 5.15. The summed E-state index contributed by atoms with van der Waals surface area (Å²) in [4.78, 5) is 0. The van der Waals surface area contributed by atoms with Gasteiger partial charge in [0.2, 0.25) is 0 Å². The van der Waals surface area contributed by atoms with Gasteiger partial charge < -0.3 is 0 Å². The van der Waals surface area contributed by atoms with Gasteiger partial charge in [0.15, 0.2) is 0 Å². The van der Waals surface area contributed by atoms with Crippen LogP contribution in [0.15, 0.2) is 0 Å². The summed E-state index contributed by atoms with van der Waals surface area (Å²) in [5, 5.41) is 0. The molecule has 0 aromatic carbocycles. The van der Waals surface area contributed by atoms with Crippen LogP contribution < -0.4 is 0 Å². The smallest absolute Gasteiger partial charge is 0.0110 e. The molecular weight excluding hydrogens is 331 g/mol. The Bertz CT molecular complexity index is 220. The van der Waals surface area contributed by atoms with Crippen molar-refractivity contribution < 1.29 is 0 Å². The second-order valence-electron chi connectivity index (χ2n) is 6.92. The second-order valence-corrected chi connectivity index (χ2v) is 8.89. The van der Waals surface area contributed by atoms with Crippen molar-refractivity contribution in [3.8, 4) is 0 Å². The Morgan fingerprint density at radius 3 is 1.83 bits per heavy atom. The van der Waals surface area contributed by atoms with Gasteiger partial charge in [0.1, 0.15) is 0 Å². The number of hydrogen-bond donors (Lipinski definition) is 0. The van der Waals surface area contributed by atoms with Crippen molar-refractivity contribution in [2.24, 2.45) is 23.7 Å². The summed E-state index contributed by atoms with van der Waals surface area (Å²) in [7, 11) is 0. The molecule has 2 aliphatic carbocycles. The summed E-state index contributed by atoms with van der Waals surface area (Å²) in [6.07, 6.45) is 15.2. The first-order chi connectivity index (χ1) is 8.70. The van der Waals surface area contributed by atoms with Gasteiger partial charge in [-0.25, -0.2) is 0 Å². The van der Waals surface area contributed by atoms with Crippen LogP contribution in [0, 0.1) is 23.7 Å². The molecule has 0 saturated heterocycles. The van der Waals surface area contributed by atoms with Crippen LogP contribution in [0.4, 0.5) is 0 Å². The van der Waals surface area contributed by atoms with Crippen LogP contribution in [0.2, 0.25) is 0 Å². The highest BCUT2D eigenvalue weighted by Gasteiger charge is 2.31. The molecule has 0 aromatic heterocycles. The van der Waals surface area contributed by atoms with E-state index in [-0.39, 0.29) is 0 Å². The molecule has 2 fully saturated rings. The lowest BCUT2D eigenvalue weighted by atomic mass is 9.68. The molecule has 0 spiro atoms. The third-order valence-electron chi connectivity index (χ3n) is 5.72. The third-order valence-corrected chi connectivity index (χ3v) is 6.74. The molecule has 0 N–H and O–H groups in total. The molecule has 0 bridgehead atoms. The van der Waals surface area contributed by atoms with Crippen LogP contribution in [0.1, 0.15) is 78.1 Å². The highest BCUT2D eigenvalue weighted by molar-refractivity contribution is 14.1. The number of halogens is 1. The van der Waals surface area contributed by atoms with Crippen LogP contribution >= 0.6 is 22.6 Å². The number of hydrogen-bond acceptors (Lipinski definition) is 0. The molecule has 2 saturated carbocycles. The van der Waals surface area contributed by atoms with Crippen LogP contribution in [0.3, 0.4) is 0 Å². The lowest BCUT2D eigenvalue weighted by Crippen LogP contribution is -2.27. The molecule has 0 heterocycles. The van der Waals surface area contributed by atoms with Gasteiger partial charge in [0.25, 0.3) is 0 Å². The van der Waals surface area contributed by atoms with E-state index in [0.717, 1.165) is 27.6 Å². The van der Waals surface area contributed by atoms with Gasteiger partial charge in [0.05, 0.1) is 0 Å². The van der Waals surface area contributed by atoms with E-state index in [2.05, 4.69) is 36.4 Å². The SMILES string of the molecule is CCC[C@H]1CC[C@H](C2CCC(C(C)I)CC2)CC1. The van der Waals surface area contributed by atoms with E-state index >= 15 is 0 Å². The van der Waals surface area contributed by atoms with Crippen molar-refractivity contribution in [3.05, 3.63) is 0 Å². The standard InChI is InChI=1S/C17H31I/c1-3-4-14-5-7-16(8-6-14)17-11-9-15(10-12-17)13(2)18/h13-17H,3-12H2,1-2H3/t13?,14-,15?,16-,17?. The van der Waals surface area contributed by atoms with E-state index in [1.165, 1.54) is 25.7 Å². The van der Waals surface area contributed by atoms with Crippen LogP contribution in [0.5, 0.6) is 0 Å². The molecular formula is C17H31I. The van der Waals surface area contributed by atoms with Gasteiger partial charge in [-0.3, -0.25) is 0 Å². The molecule has 1 unspecified atom stereocenters. The molecule has 0 amide bonds. The van der Waals surface area contributed by atoms with E-state index in [4.69, 9.17) is 0 Å². The largest absolute Gasteiger partial charge is 0.0826 e. The number of rotatable bonds is 4. The van der Waals surface area contributed by atoms with E-state index in [1.54, 1.807) is 38.5 Å². The van der Waals surface area contributed by atoms with Crippen molar-refractivity contribution in [3.63, 3.8) is 0 Å². The molecule has 1 atom stereocenters. The van der Waals surface area contributed by atoms with Crippen molar-refractivity contribution in [2.75, 3.05) is 0 Å². The predicted molar refractivity (Wildman–Crippen MR) is 89.3 cm³/mol. The molecule has 0 radical (unpaired) electrons. The zero-order chi connectivity index (χ0) is 13.0. The molecule has 0 aliphatic heterocycles. The topological polar surface area (TPSA) is 0 Å². The van der Waals surface area contributed by atoms with Crippen molar-refractivity contribution >= 4 is 22.6 Å². The Kier molecular flexibility index (Phi) is 6.30. The lowest BCUT2D eigenvalue weighted by molar-refractivity contribution is 0.144. The average molecular weight is 362 g/mol. The summed E-state index contributed by atoms with van der Waals surface area (Å²) in [5.74, 6) is 4.30. The maximum Gasteiger partial charge on any atom is 0.0110 e. The molecule has 0 nitrogen and oxygen atoms in total. The van der Waals surface area contributed by atoms with Gasteiger partial charge >= 0.3 is 0 Å². The van der Waals surface area contributed by atoms with Crippen molar-refractivity contribution in [2.45, 2.75) is 82.0 Å². The Hall–Kier alpha value is 0.730. The molecule has 2 aliphatic rings. The monoisotopic (exact) mass is 362 g/mol. The summed E-state index contributed by atoms with van der Waals surface area (Å²) < 4.78 is 0.892. The Balaban J connectivity index is 1.71. The Labute approximate surface area is 128 Å². The third kappa shape index (κ3) is 4.11. The van der Waals surface area contributed by atoms with E-state index in [9.17, 15) is 0 Å². The Morgan fingerprint density at radius 1 is 0.889 bits per heavy atom. The van der Waals surface area contributed by atoms with Crippen LogP contribution in [-0.4, -0.2) is 3.92 Å². The maximum atomic E-state index is 2.64. The second kappa shape index (κ2) is 7.50. The van der Waals surface area contributed by atoms with Crippen LogP contribution in [-0.2, 0) is 0 Å². The fourth-order valence-electron chi connectivity index (χ4n) is 4.43. The first kappa shape index (κ1) is 15.1. The molecule has 106 valence electrons. The van der Waals surface area contributed by atoms with E-state index < -0.39 is 0 Å². The zero-order valence-electron chi connectivity index (χ0n) is 12.3.